The second-order valence-corrected chi connectivity index (χ2v) is 13.3. The number of hydrogen-bond acceptors (Lipinski definition) is 4. The molecule has 0 fully saturated rings. The summed E-state index contributed by atoms with van der Waals surface area (Å²) < 4.78 is 0. The number of rotatable bonds is 11. The molecule has 8 heteroatoms. The Morgan fingerprint density at radius 1 is 0.647 bits per heavy atom. The van der Waals surface area contributed by atoms with Crippen molar-refractivity contribution in [3.63, 3.8) is 0 Å². The number of hydrogen-bond donors (Lipinski definition) is 3. The van der Waals surface area contributed by atoms with Crippen LogP contribution in [0, 0.1) is 6.92 Å². The molecule has 0 spiro atoms. The van der Waals surface area contributed by atoms with Gasteiger partial charge in [-0.15, -0.1) is 11.8 Å². The molecule has 0 bridgehead atoms. The summed E-state index contributed by atoms with van der Waals surface area (Å²) in [5.74, 6) is -1.12. The van der Waals surface area contributed by atoms with E-state index >= 15 is 0 Å². The van der Waals surface area contributed by atoms with E-state index in [4.69, 9.17) is 11.6 Å². The van der Waals surface area contributed by atoms with E-state index in [-0.39, 0.29) is 11.6 Å². The van der Waals surface area contributed by atoms with E-state index < -0.39 is 17.1 Å². The van der Waals surface area contributed by atoms with Crippen molar-refractivity contribution in [2.45, 2.75) is 17.1 Å². The van der Waals surface area contributed by atoms with Gasteiger partial charge in [-0.1, -0.05) is 127 Å². The molecule has 6 nitrogen and oxygen atoms in total. The summed E-state index contributed by atoms with van der Waals surface area (Å²) in [5.41, 5.74) is 6.19. The van der Waals surface area contributed by atoms with Gasteiger partial charge in [0.15, 0.2) is 0 Å². The van der Waals surface area contributed by atoms with Crippen LogP contribution in [0.5, 0.6) is 0 Å². The molecule has 3 N–H and O–H groups in total. The highest BCUT2D eigenvalue weighted by atomic mass is 35.5. The van der Waals surface area contributed by atoms with E-state index in [1.54, 1.807) is 48.5 Å². The second kappa shape index (κ2) is 16.7. The van der Waals surface area contributed by atoms with Crippen LogP contribution in [0.15, 0.2) is 168 Å². The Bertz CT molecular complexity index is 2170. The van der Waals surface area contributed by atoms with Crippen molar-refractivity contribution in [2.24, 2.45) is 0 Å². The molecular weight excluding hydrogens is 674 g/mol. The quantitative estimate of drug-likeness (QED) is 0.0924. The van der Waals surface area contributed by atoms with Crippen molar-refractivity contribution in [3.05, 3.63) is 191 Å². The zero-order chi connectivity index (χ0) is 35.6. The van der Waals surface area contributed by atoms with E-state index in [2.05, 4.69) is 16.0 Å². The molecule has 0 aliphatic heterocycles. The average Bonchev–Trinajstić information content (AvgIpc) is 3.16. The van der Waals surface area contributed by atoms with E-state index in [0.29, 0.717) is 22.0 Å². The first kappa shape index (κ1) is 35.0. The minimum atomic E-state index is -0.600. The van der Waals surface area contributed by atoms with E-state index in [1.165, 1.54) is 11.8 Å². The van der Waals surface area contributed by atoms with Crippen LogP contribution >= 0.6 is 23.4 Å². The number of halogens is 1. The summed E-state index contributed by atoms with van der Waals surface area (Å²) >= 11 is 7.68. The largest absolute Gasteiger partial charge is 0.325 e. The molecule has 0 aliphatic rings. The van der Waals surface area contributed by atoms with Gasteiger partial charge in [0.05, 0.1) is 0 Å². The highest BCUT2D eigenvalue weighted by molar-refractivity contribution is 8.00. The van der Waals surface area contributed by atoms with Crippen LogP contribution in [0.1, 0.15) is 32.3 Å². The van der Waals surface area contributed by atoms with Crippen molar-refractivity contribution < 1.29 is 14.4 Å². The summed E-state index contributed by atoms with van der Waals surface area (Å²) in [6, 6.07) is 48.7. The van der Waals surface area contributed by atoms with E-state index in [0.717, 1.165) is 32.7 Å². The molecule has 6 aromatic carbocycles. The third kappa shape index (κ3) is 9.42. The van der Waals surface area contributed by atoms with Crippen LogP contribution in [-0.4, -0.2) is 17.7 Å². The third-order valence-corrected chi connectivity index (χ3v) is 9.64. The Kier molecular flexibility index (Phi) is 11.4. The SMILES string of the molecule is Cc1ccc(NC(=O)C(Sc2cccc(NC(=O)/C(=C\c3ccc(-c4ccccc4)cc3)NC(=O)c3ccccc3)c2)c2ccccc2)cc1Cl. The number of aryl methyl sites for hydroxylation is 1. The molecule has 6 rings (SSSR count). The smallest absolute Gasteiger partial charge is 0.272 e. The Hall–Kier alpha value is -5.89. The molecule has 0 saturated heterocycles. The number of anilines is 2. The number of amides is 3. The lowest BCUT2D eigenvalue weighted by Gasteiger charge is -2.18. The molecular formula is C43H34ClN3O3S. The van der Waals surface area contributed by atoms with Crippen LogP contribution in [0.25, 0.3) is 17.2 Å². The number of benzene rings is 6. The molecule has 0 aromatic heterocycles. The van der Waals surface area contributed by atoms with Crippen LogP contribution in [0.3, 0.4) is 0 Å². The minimum Gasteiger partial charge on any atom is -0.325 e. The molecule has 1 atom stereocenters. The fourth-order valence-corrected chi connectivity index (χ4v) is 6.54. The lowest BCUT2D eigenvalue weighted by Crippen LogP contribution is -2.30. The van der Waals surface area contributed by atoms with Gasteiger partial charge in [-0.25, -0.2) is 0 Å². The monoisotopic (exact) mass is 707 g/mol. The highest BCUT2D eigenvalue weighted by Crippen LogP contribution is 2.37. The van der Waals surface area contributed by atoms with Gasteiger partial charge < -0.3 is 16.0 Å². The van der Waals surface area contributed by atoms with Crippen LogP contribution in [0.2, 0.25) is 5.02 Å². The average molecular weight is 708 g/mol. The van der Waals surface area contributed by atoms with Gasteiger partial charge in [0.2, 0.25) is 5.91 Å². The number of carbonyl (C=O) groups excluding carboxylic acids is 3. The van der Waals surface area contributed by atoms with Gasteiger partial charge in [-0.05, 0) is 83.3 Å². The Morgan fingerprint density at radius 3 is 1.96 bits per heavy atom. The molecule has 252 valence electrons. The first-order valence-electron chi connectivity index (χ1n) is 16.3. The molecule has 0 heterocycles. The van der Waals surface area contributed by atoms with Crippen molar-refractivity contribution in [1.29, 1.82) is 0 Å². The summed E-state index contributed by atoms with van der Waals surface area (Å²) in [6.07, 6.45) is 1.65. The highest BCUT2D eigenvalue weighted by Gasteiger charge is 2.23. The zero-order valence-corrected chi connectivity index (χ0v) is 29.2. The van der Waals surface area contributed by atoms with E-state index in [9.17, 15) is 14.4 Å². The maximum absolute atomic E-state index is 13.8. The number of nitrogens with one attached hydrogen (secondary N) is 3. The lowest BCUT2D eigenvalue weighted by molar-refractivity contribution is -0.116. The van der Waals surface area contributed by atoms with Crippen LogP contribution in [-0.2, 0) is 9.59 Å². The lowest BCUT2D eigenvalue weighted by atomic mass is 10.0. The van der Waals surface area contributed by atoms with Gasteiger partial charge in [0.25, 0.3) is 11.8 Å². The van der Waals surface area contributed by atoms with Gasteiger partial charge in [0.1, 0.15) is 10.9 Å². The van der Waals surface area contributed by atoms with E-state index in [1.807, 2.05) is 122 Å². The fraction of sp³-hybridized carbons (Fsp3) is 0.0465. The minimum absolute atomic E-state index is 0.0765. The van der Waals surface area contributed by atoms with Gasteiger partial charge in [-0.3, -0.25) is 14.4 Å². The number of thioether (sulfide) groups is 1. The second-order valence-electron chi connectivity index (χ2n) is 11.7. The summed E-state index contributed by atoms with van der Waals surface area (Å²) in [7, 11) is 0. The van der Waals surface area contributed by atoms with Crippen molar-refractivity contribution in [2.75, 3.05) is 10.6 Å². The normalized spacial score (nSPS) is 11.7. The predicted octanol–water partition coefficient (Wildman–Crippen LogP) is 10.2. The zero-order valence-electron chi connectivity index (χ0n) is 27.7. The van der Waals surface area contributed by atoms with Crippen molar-refractivity contribution in [3.8, 4) is 11.1 Å². The first-order chi connectivity index (χ1) is 24.8. The molecule has 6 aromatic rings. The molecule has 0 radical (unpaired) electrons. The van der Waals surface area contributed by atoms with Gasteiger partial charge in [0, 0.05) is 26.9 Å². The fourth-order valence-electron chi connectivity index (χ4n) is 5.27. The molecule has 3 amide bonds. The predicted molar refractivity (Wildman–Crippen MR) is 209 cm³/mol. The Labute approximate surface area is 306 Å². The van der Waals surface area contributed by atoms with Crippen LogP contribution in [0.4, 0.5) is 11.4 Å². The first-order valence-corrected chi connectivity index (χ1v) is 17.5. The summed E-state index contributed by atoms with van der Waals surface area (Å²) in [5, 5.41) is 8.71. The topological polar surface area (TPSA) is 87.3 Å². The number of carbonyl (C=O) groups is 3. The van der Waals surface area contributed by atoms with Gasteiger partial charge in [-0.2, -0.15) is 0 Å². The Balaban J connectivity index is 1.23. The van der Waals surface area contributed by atoms with Gasteiger partial charge >= 0.3 is 0 Å². The molecule has 1 unspecified atom stereocenters. The molecule has 0 saturated carbocycles. The standard InChI is InChI=1S/C43H34ClN3O3S/c1-29-20-25-36(28-38(29)44)46-43(50)40(33-14-7-3-8-15-33)51-37-19-11-18-35(27-37)45-42(49)39(47-41(48)34-16-9-4-10-17-34)26-30-21-23-32(24-22-30)31-12-5-2-6-13-31/h2-28,40H,1H3,(H,45,49)(H,46,50)(H,47,48)/b39-26+. The molecule has 0 aliphatic carbocycles. The molecule has 51 heavy (non-hydrogen) atoms. The van der Waals surface area contributed by atoms with Crippen molar-refractivity contribution >= 4 is 58.5 Å². The summed E-state index contributed by atoms with van der Waals surface area (Å²) in [4.78, 5) is 41.4. The van der Waals surface area contributed by atoms with Crippen molar-refractivity contribution in [1.82, 2.24) is 5.32 Å². The summed E-state index contributed by atoms with van der Waals surface area (Å²) in [6.45, 7) is 1.90. The van der Waals surface area contributed by atoms with Crippen LogP contribution < -0.4 is 16.0 Å². The Morgan fingerprint density at radius 2 is 1.27 bits per heavy atom. The maximum atomic E-state index is 13.8. The maximum Gasteiger partial charge on any atom is 0.272 e. The third-order valence-electron chi connectivity index (χ3n) is 7.98.